The van der Waals surface area contributed by atoms with Gasteiger partial charge in [-0.3, -0.25) is 0 Å². The largest absolute Gasteiger partial charge is 0.467 e. The fourth-order valence-corrected chi connectivity index (χ4v) is 3.68. The average molecular weight is 459 g/mol. The minimum absolute atomic E-state index is 0.00255. The summed E-state index contributed by atoms with van der Waals surface area (Å²) >= 11 is 0. The van der Waals surface area contributed by atoms with Crippen LogP contribution in [0.1, 0.15) is 36.4 Å². The number of hydrogen-bond donors (Lipinski definition) is 1. The van der Waals surface area contributed by atoms with Crippen molar-refractivity contribution in [2.45, 2.75) is 46.8 Å². The number of carbonyl (C=O) groups is 1. The first-order chi connectivity index (χ1) is 16.4. The Morgan fingerprint density at radius 1 is 1.06 bits per heavy atom. The van der Waals surface area contributed by atoms with E-state index >= 15 is 0 Å². The number of urea groups is 1. The number of rotatable bonds is 8. The summed E-state index contributed by atoms with van der Waals surface area (Å²) in [6.45, 7) is 8.46. The van der Waals surface area contributed by atoms with Gasteiger partial charge in [-0.15, -0.1) is 0 Å². The topological polar surface area (TPSA) is 72.5 Å². The van der Waals surface area contributed by atoms with Crippen molar-refractivity contribution in [3.63, 3.8) is 0 Å². The molecular weight excluding hydrogens is 428 g/mol. The van der Waals surface area contributed by atoms with Crippen LogP contribution in [0, 0.1) is 13.8 Å². The third-order valence-electron chi connectivity index (χ3n) is 5.32. The van der Waals surface area contributed by atoms with Gasteiger partial charge < -0.3 is 19.4 Å². The molecule has 34 heavy (non-hydrogen) atoms. The van der Waals surface area contributed by atoms with Crippen LogP contribution in [0.2, 0.25) is 0 Å². The van der Waals surface area contributed by atoms with Gasteiger partial charge in [-0.25, -0.2) is 9.48 Å². The SMILES string of the molecule is Cc1cccc(Oc2c(CN(Cc3ccco3)C(=O)NC(C)C)c(C)nn2-c2ccccc2)c1. The van der Waals surface area contributed by atoms with Gasteiger partial charge in [0.05, 0.1) is 36.3 Å². The smallest absolute Gasteiger partial charge is 0.318 e. The fourth-order valence-electron chi connectivity index (χ4n) is 3.68. The number of hydrogen-bond acceptors (Lipinski definition) is 4. The van der Waals surface area contributed by atoms with Crippen LogP contribution in [0.4, 0.5) is 4.79 Å². The van der Waals surface area contributed by atoms with Gasteiger partial charge >= 0.3 is 6.03 Å². The molecule has 0 radical (unpaired) electrons. The summed E-state index contributed by atoms with van der Waals surface area (Å²) in [5.41, 5.74) is 3.59. The van der Waals surface area contributed by atoms with Crippen LogP contribution in [0.3, 0.4) is 0 Å². The molecule has 1 N–H and O–H groups in total. The average Bonchev–Trinajstić information content (AvgIpc) is 3.42. The van der Waals surface area contributed by atoms with E-state index < -0.39 is 0 Å². The lowest BCUT2D eigenvalue weighted by Crippen LogP contribution is -2.42. The molecule has 2 aromatic heterocycles. The van der Waals surface area contributed by atoms with Crippen molar-refractivity contribution in [2.75, 3.05) is 0 Å². The van der Waals surface area contributed by atoms with E-state index in [9.17, 15) is 4.79 Å². The first-order valence-electron chi connectivity index (χ1n) is 11.4. The van der Waals surface area contributed by atoms with Gasteiger partial charge in [0.15, 0.2) is 0 Å². The second kappa shape index (κ2) is 10.3. The zero-order chi connectivity index (χ0) is 24.1. The maximum Gasteiger partial charge on any atom is 0.318 e. The number of amides is 2. The van der Waals surface area contributed by atoms with Crippen LogP contribution in [0.5, 0.6) is 11.6 Å². The van der Waals surface area contributed by atoms with E-state index in [2.05, 4.69) is 5.32 Å². The van der Waals surface area contributed by atoms with Crippen LogP contribution >= 0.6 is 0 Å². The van der Waals surface area contributed by atoms with E-state index in [0.717, 1.165) is 22.5 Å². The molecule has 0 bridgehead atoms. The number of ether oxygens (including phenoxy) is 1. The normalized spacial score (nSPS) is 11.0. The van der Waals surface area contributed by atoms with E-state index in [0.29, 0.717) is 30.5 Å². The number of aromatic nitrogens is 2. The molecule has 0 unspecified atom stereocenters. The lowest BCUT2D eigenvalue weighted by molar-refractivity contribution is 0.184. The van der Waals surface area contributed by atoms with Gasteiger partial charge in [0, 0.05) is 6.04 Å². The summed E-state index contributed by atoms with van der Waals surface area (Å²) in [7, 11) is 0. The van der Waals surface area contributed by atoms with Gasteiger partial charge in [-0.2, -0.15) is 5.10 Å². The first kappa shape index (κ1) is 23.2. The molecule has 0 saturated carbocycles. The van der Waals surface area contributed by atoms with Crippen LogP contribution in [-0.4, -0.2) is 26.8 Å². The molecule has 7 nitrogen and oxygen atoms in total. The van der Waals surface area contributed by atoms with E-state index in [-0.39, 0.29) is 12.1 Å². The highest BCUT2D eigenvalue weighted by atomic mass is 16.5. The molecule has 0 fully saturated rings. The summed E-state index contributed by atoms with van der Waals surface area (Å²) in [4.78, 5) is 14.8. The molecule has 4 aromatic rings. The summed E-state index contributed by atoms with van der Waals surface area (Å²) < 4.78 is 13.7. The zero-order valence-corrected chi connectivity index (χ0v) is 20.0. The number of aryl methyl sites for hydroxylation is 2. The molecule has 176 valence electrons. The van der Waals surface area contributed by atoms with Crippen LogP contribution in [0.15, 0.2) is 77.4 Å². The highest BCUT2D eigenvalue weighted by Gasteiger charge is 2.24. The molecule has 0 aliphatic rings. The standard InChI is InChI=1S/C27H30N4O3/c1-19(2)28-27(32)30(17-24-14-9-15-33-24)18-25-21(4)29-31(22-11-6-5-7-12-22)26(25)34-23-13-8-10-20(3)16-23/h5-16,19H,17-18H2,1-4H3,(H,28,32). The summed E-state index contributed by atoms with van der Waals surface area (Å²) in [6, 6.07) is 21.2. The van der Waals surface area contributed by atoms with Gasteiger partial charge in [0.25, 0.3) is 0 Å². The quantitative estimate of drug-likeness (QED) is 0.352. The first-order valence-corrected chi connectivity index (χ1v) is 11.4. The van der Waals surface area contributed by atoms with Crippen LogP contribution in [0.25, 0.3) is 5.69 Å². The van der Waals surface area contributed by atoms with Crippen molar-refractivity contribution in [1.29, 1.82) is 0 Å². The van der Waals surface area contributed by atoms with E-state index in [4.69, 9.17) is 14.3 Å². The Morgan fingerprint density at radius 3 is 2.53 bits per heavy atom. The highest BCUT2D eigenvalue weighted by Crippen LogP contribution is 2.32. The molecule has 0 saturated heterocycles. The molecule has 7 heteroatoms. The summed E-state index contributed by atoms with van der Waals surface area (Å²) in [5, 5.41) is 7.77. The molecule has 2 amide bonds. The van der Waals surface area contributed by atoms with Crippen molar-refractivity contribution in [1.82, 2.24) is 20.0 Å². The number of nitrogens with zero attached hydrogens (tertiary/aromatic N) is 3. The monoisotopic (exact) mass is 458 g/mol. The van der Waals surface area contributed by atoms with Gasteiger partial charge in [0.1, 0.15) is 11.5 Å². The number of benzene rings is 2. The Balaban J connectivity index is 1.75. The Labute approximate surface area is 200 Å². The second-order valence-electron chi connectivity index (χ2n) is 8.57. The number of para-hydroxylation sites is 1. The van der Waals surface area contributed by atoms with Gasteiger partial charge in [-0.05, 0) is 69.7 Å². The van der Waals surface area contributed by atoms with Crippen molar-refractivity contribution in [2.24, 2.45) is 0 Å². The zero-order valence-electron chi connectivity index (χ0n) is 20.0. The summed E-state index contributed by atoms with van der Waals surface area (Å²) in [5.74, 6) is 1.99. The van der Waals surface area contributed by atoms with Crippen LogP contribution in [-0.2, 0) is 13.1 Å². The number of furan rings is 1. The van der Waals surface area contributed by atoms with E-state index in [1.807, 2.05) is 94.4 Å². The highest BCUT2D eigenvalue weighted by molar-refractivity contribution is 5.74. The van der Waals surface area contributed by atoms with Gasteiger partial charge in [-0.1, -0.05) is 30.3 Å². The Morgan fingerprint density at radius 2 is 1.85 bits per heavy atom. The number of carbonyl (C=O) groups excluding carboxylic acids is 1. The minimum Gasteiger partial charge on any atom is -0.467 e. The maximum absolute atomic E-state index is 13.1. The predicted molar refractivity (Wildman–Crippen MR) is 131 cm³/mol. The fraction of sp³-hybridized carbons (Fsp3) is 0.259. The minimum atomic E-state index is -0.181. The molecule has 0 aliphatic carbocycles. The second-order valence-corrected chi connectivity index (χ2v) is 8.57. The Bertz CT molecular complexity index is 1230. The molecule has 2 heterocycles. The maximum atomic E-state index is 13.1. The third-order valence-corrected chi connectivity index (χ3v) is 5.32. The van der Waals surface area contributed by atoms with Crippen molar-refractivity contribution >= 4 is 6.03 Å². The van der Waals surface area contributed by atoms with Crippen molar-refractivity contribution in [3.05, 3.63) is 95.6 Å². The Kier molecular flexibility index (Phi) is 7.01. The molecule has 0 aliphatic heterocycles. The predicted octanol–water partition coefficient (Wildman–Crippen LogP) is 5.99. The molecule has 2 aromatic carbocycles. The van der Waals surface area contributed by atoms with Crippen molar-refractivity contribution < 1.29 is 13.9 Å². The summed E-state index contributed by atoms with van der Waals surface area (Å²) in [6.07, 6.45) is 1.61. The lowest BCUT2D eigenvalue weighted by Gasteiger charge is -2.24. The number of nitrogens with one attached hydrogen (secondary N) is 1. The molecule has 4 rings (SSSR count). The molecular formula is C27H30N4O3. The third kappa shape index (κ3) is 5.49. The van der Waals surface area contributed by atoms with Crippen molar-refractivity contribution in [3.8, 4) is 17.3 Å². The van der Waals surface area contributed by atoms with E-state index in [1.165, 1.54) is 0 Å². The Hall–Kier alpha value is -4.00. The lowest BCUT2D eigenvalue weighted by atomic mass is 10.2. The van der Waals surface area contributed by atoms with Gasteiger partial charge in [0.2, 0.25) is 5.88 Å². The van der Waals surface area contributed by atoms with Crippen LogP contribution < -0.4 is 10.1 Å². The molecule has 0 atom stereocenters. The van der Waals surface area contributed by atoms with E-state index in [1.54, 1.807) is 15.8 Å². The molecule has 0 spiro atoms.